The smallest absolute Gasteiger partial charge is 0.300 e. The first-order valence-corrected chi connectivity index (χ1v) is 10.3. The van der Waals surface area contributed by atoms with Crippen molar-refractivity contribution in [2.24, 2.45) is 0 Å². The first-order valence-electron chi connectivity index (χ1n) is 10.3. The van der Waals surface area contributed by atoms with E-state index in [1.54, 1.807) is 30.5 Å². The van der Waals surface area contributed by atoms with E-state index in [-0.39, 0.29) is 11.3 Å². The van der Waals surface area contributed by atoms with Crippen LogP contribution in [0.25, 0.3) is 16.7 Å². The Balaban J connectivity index is 1.75. The molecule has 1 aliphatic heterocycles. The van der Waals surface area contributed by atoms with Crippen molar-refractivity contribution in [3.05, 3.63) is 102 Å². The minimum absolute atomic E-state index is 0.0702. The van der Waals surface area contributed by atoms with Crippen molar-refractivity contribution in [1.82, 2.24) is 4.98 Å². The van der Waals surface area contributed by atoms with Gasteiger partial charge in [0.1, 0.15) is 17.3 Å². The molecule has 0 radical (unpaired) electrons. The molecule has 7 heteroatoms. The van der Waals surface area contributed by atoms with E-state index in [9.17, 15) is 19.1 Å². The van der Waals surface area contributed by atoms with E-state index < -0.39 is 23.5 Å². The molecular weight excluding hydrogens is 423 g/mol. The lowest BCUT2D eigenvalue weighted by Crippen LogP contribution is -2.29. The van der Waals surface area contributed by atoms with Gasteiger partial charge in [-0.3, -0.25) is 14.5 Å². The monoisotopic (exact) mass is 442 g/mol. The number of ether oxygens (including phenoxy) is 1. The Morgan fingerprint density at radius 1 is 1.03 bits per heavy atom. The average molecular weight is 442 g/mol. The third-order valence-corrected chi connectivity index (χ3v) is 5.81. The number of amides is 1. The summed E-state index contributed by atoms with van der Waals surface area (Å²) in [5.74, 6) is -1.86. The van der Waals surface area contributed by atoms with Crippen LogP contribution in [0.1, 0.15) is 17.2 Å². The highest BCUT2D eigenvalue weighted by Gasteiger charge is 2.47. The number of anilines is 1. The number of benzene rings is 3. The van der Waals surface area contributed by atoms with E-state index in [0.29, 0.717) is 28.0 Å². The van der Waals surface area contributed by atoms with Crippen LogP contribution in [-0.2, 0) is 9.59 Å². The van der Waals surface area contributed by atoms with Crippen molar-refractivity contribution in [3.63, 3.8) is 0 Å². The summed E-state index contributed by atoms with van der Waals surface area (Å²) in [4.78, 5) is 30.8. The molecule has 0 bridgehead atoms. The number of halogens is 1. The van der Waals surface area contributed by atoms with Crippen LogP contribution in [0.5, 0.6) is 5.75 Å². The summed E-state index contributed by atoms with van der Waals surface area (Å²) in [5.41, 5.74) is 2.02. The molecule has 6 nitrogen and oxygen atoms in total. The zero-order chi connectivity index (χ0) is 23.1. The van der Waals surface area contributed by atoms with Gasteiger partial charge < -0.3 is 14.8 Å². The predicted molar refractivity (Wildman–Crippen MR) is 122 cm³/mol. The lowest BCUT2D eigenvalue weighted by atomic mass is 9.95. The SMILES string of the molecule is COc1cccc(N2C(=O)C(=O)/C(=C(\O)c3c[nH]c4ccccc34)C2c2ccc(F)cc2)c1. The summed E-state index contributed by atoms with van der Waals surface area (Å²) in [7, 11) is 1.50. The van der Waals surface area contributed by atoms with Crippen molar-refractivity contribution in [1.29, 1.82) is 0 Å². The van der Waals surface area contributed by atoms with Crippen molar-refractivity contribution in [3.8, 4) is 5.75 Å². The van der Waals surface area contributed by atoms with Gasteiger partial charge in [0.15, 0.2) is 0 Å². The molecule has 0 saturated carbocycles. The summed E-state index contributed by atoms with van der Waals surface area (Å²) in [5, 5.41) is 12.0. The van der Waals surface area contributed by atoms with Crippen LogP contribution < -0.4 is 9.64 Å². The number of nitrogens with one attached hydrogen (secondary N) is 1. The van der Waals surface area contributed by atoms with Gasteiger partial charge in [0.05, 0.1) is 18.7 Å². The lowest BCUT2D eigenvalue weighted by Gasteiger charge is -2.25. The van der Waals surface area contributed by atoms with E-state index in [1.807, 2.05) is 24.3 Å². The Bertz CT molecular complexity index is 1420. The lowest BCUT2D eigenvalue weighted by molar-refractivity contribution is -0.132. The van der Waals surface area contributed by atoms with Gasteiger partial charge in [-0.1, -0.05) is 36.4 Å². The molecule has 164 valence electrons. The predicted octanol–water partition coefficient (Wildman–Crippen LogP) is 4.94. The number of aliphatic hydroxyl groups is 1. The van der Waals surface area contributed by atoms with Gasteiger partial charge in [0.2, 0.25) is 0 Å². The number of carbonyl (C=O) groups is 2. The molecule has 0 spiro atoms. The van der Waals surface area contributed by atoms with Gasteiger partial charge in [-0.15, -0.1) is 0 Å². The highest BCUT2D eigenvalue weighted by molar-refractivity contribution is 6.51. The van der Waals surface area contributed by atoms with Crippen molar-refractivity contribution in [2.45, 2.75) is 6.04 Å². The number of nitrogens with zero attached hydrogens (tertiary/aromatic N) is 1. The number of hydrogen-bond acceptors (Lipinski definition) is 4. The first kappa shape index (κ1) is 20.5. The van der Waals surface area contributed by atoms with Gasteiger partial charge in [0, 0.05) is 34.4 Å². The van der Waals surface area contributed by atoms with Gasteiger partial charge in [0.25, 0.3) is 11.7 Å². The number of fused-ring (bicyclic) bond motifs is 1. The van der Waals surface area contributed by atoms with Crippen LogP contribution in [-0.4, -0.2) is 28.9 Å². The Labute approximate surface area is 188 Å². The maximum Gasteiger partial charge on any atom is 0.300 e. The number of aromatic nitrogens is 1. The van der Waals surface area contributed by atoms with E-state index in [1.165, 1.54) is 36.3 Å². The number of ketones is 1. The minimum atomic E-state index is -0.952. The van der Waals surface area contributed by atoms with Gasteiger partial charge in [-0.25, -0.2) is 4.39 Å². The second-order valence-electron chi connectivity index (χ2n) is 7.67. The van der Waals surface area contributed by atoms with E-state index in [0.717, 1.165) is 5.52 Å². The number of carbonyl (C=O) groups excluding carboxylic acids is 2. The van der Waals surface area contributed by atoms with Crippen molar-refractivity contribution >= 4 is 34.0 Å². The summed E-state index contributed by atoms with van der Waals surface area (Å²) in [6.07, 6.45) is 1.60. The number of para-hydroxylation sites is 1. The van der Waals surface area contributed by atoms with Crippen LogP contribution in [0.15, 0.2) is 84.6 Å². The van der Waals surface area contributed by atoms with Crippen molar-refractivity contribution < 1.29 is 23.8 Å². The maximum absolute atomic E-state index is 13.7. The number of aromatic amines is 1. The van der Waals surface area contributed by atoms with Gasteiger partial charge >= 0.3 is 0 Å². The molecule has 0 aliphatic carbocycles. The number of rotatable bonds is 4. The molecule has 1 saturated heterocycles. The zero-order valence-electron chi connectivity index (χ0n) is 17.6. The van der Waals surface area contributed by atoms with E-state index in [2.05, 4.69) is 4.98 Å². The molecule has 1 aromatic heterocycles. The summed E-state index contributed by atoms with van der Waals surface area (Å²) in [6.45, 7) is 0. The standard InChI is InChI=1S/C26H19FN2O4/c1-33-18-6-4-5-17(13-18)29-23(15-9-11-16(27)12-10-15)22(25(31)26(29)32)24(30)20-14-28-21-8-3-2-7-19(20)21/h2-14,23,28,30H,1H3/b24-22-. The van der Waals surface area contributed by atoms with E-state index >= 15 is 0 Å². The van der Waals surface area contributed by atoms with Gasteiger partial charge in [-0.05, 0) is 35.9 Å². The molecule has 1 atom stereocenters. The third-order valence-electron chi connectivity index (χ3n) is 5.81. The van der Waals surface area contributed by atoms with Crippen LogP contribution in [0.4, 0.5) is 10.1 Å². The molecule has 4 aromatic rings. The molecule has 1 amide bonds. The van der Waals surface area contributed by atoms with Crippen LogP contribution in [0.2, 0.25) is 0 Å². The molecule has 33 heavy (non-hydrogen) atoms. The van der Waals surface area contributed by atoms with Crippen molar-refractivity contribution in [2.75, 3.05) is 12.0 Å². The minimum Gasteiger partial charge on any atom is -0.507 e. The second-order valence-corrected chi connectivity index (χ2v) is 7.67. The average Bonchev–Trinajstić information content (AvgIpc) is 3.38. The van der Waals surface area contributed by atoms with Crippen LogP contribution in [0.3, 0.4) is 0 Å². The fraction of sp³-hybridized carbons (Fsp3) is 0.0769. The number of Topliss-reactive ketones (excluding diaryl/α,β-unsaturated/α-hetero) is 1. The molecule has 3 aromatic carbocycles. The molecule has 1 aliphatic rings. The fourth-order valence-electron chi connectivity index (χ4n) is 4.23. The zero-order valence-corrected chi connectivity index (χ0v) is 17.6. The summed E-state index contributed by atoms with van der Waals surface area (Å²) >= 11 is 0. The Kier molecular flexibility index (Phi) is 4.94. The Hall–Kier alpha value is -4.39. The number of H-pyrrole nitrogens is 1. The normalized spacial score (nSPS) is 17.6. The molecule has 1 unspecified atom stereocenters. The van der Waals surface area contributed by atoms with Gasteiger partial charge in [-0.2, -0.15) is 0 Å². The quantitative estimate of drug-likeness (QED) is 0.266. The molecule has 1 fully saturated rings. The van der Waals surface area contributed by atoms with Crippen LogP contribution in [0, 0.1) is 5.82 Å². The number of hydrogen-bond donors (Lipinski definition) is 2. The largest absolute Gasteiger partial charge is 0.507 e. The Morgan fingerprint density at radius 2 is 1.79 bits per heavy atom. The maximum atomic E-state index is 13.7. The highest BCUT2D eigenvalue weighted by atomic mass is 19.1. The summed E-state index contributed by atoms with van der Waals surface area (Å²) < 4.78 is 18.9. The topological polar surface area (TPSA) is 82.6 Å². The molecule has 2 N–H and O–H groups in total. The molecular formula is C26H19FN2O4. The second kappa shape index (κ2) is 7.94. The summed E-state index contributed by atoms with van der Waals surface area (Å²) in [6, 6.07) is 18.6. The first-order chi connectivity index (χ1) is 16.0. The highest BCUT2D eigenvalue weighted by Crippen LogP contribution is 2.43. The number of methoxy groups -OCH3 is 1. The van der Waals surface area contributed by atoms with Crippen LogP contribution >= 0.6 is 0 Å². The fourth-order valence-corrected chi connectivity index (χ4v) is 4.23. The Morgan fingerprint density at radius 3 is 2.55 bits per heavy atom. The third kappa shape index (κ3) is 3.34. The molecule has 5 rings (SSSR count). The number of aliphatic hydroxyl groups excluding tert-OH is 1. The molecule has 2 heterocycles. The van der Waals surface area contributed by atoms with E-state index in [4.69, 9.17) is 4.74 Å².